The molecule has 0 aromatic heterocycles. The number of ketones is 1. The Morgan fingerprint density at radius 3 is 1.75 bits per heavy atom. The number of esters is 3. The molecular weight excluding hydrogens is 296 g/mol. The fourth-order valence-electron chi connectivity index (χ4n) is 0.999. The quantitative estimate of drug-likeness (QED) is 0.348. The number of Topliss-reactive ketones (excluding diaryl/α,β-unsaturated/α-hetero) is 1. The van der Waals surface area contributed by atoms with Crippen LogP contribution in [0.2, 0.25) is 0 Å². The summed E-state index contributed by atoms with van der Waals surface area (Å²) in [5, 5.41) is 0. The molecule has 1 fully saturated rings. The number of rotatable bonds is 0. The molecule has 1 saturated heterocycles. The van der Waals surface area contributed by atoms with Gasteiger partial charge in [0.05, 0.1) is 6.61 Å². The van der Waals surface area contributed by atoms with Crippen LogP contribution in [0.25, 0.3) is 0 Å². The number of halogens is 4. The number of alkyl halides is 4. The first kappa shape index (κ1) is 15.9. The van der Waals surface area contributed by atoms with Crippen molar-refractivity contribution in [1.29, 1.82) is 0 Å². The summed E-state index contributed by atoms with van der Waals surface area (Å²) in [6.45, 7) is -2.77. The minimum atomic E-state index is -4.71. The summed E-state index contributed by atoms with van der Waals surface area (Å²) < 4.78 is 63.2. The molecule has 7 nitrogen and oxygen atoms in total. The summed E-state index contributed by atoms with van der Waals surface area (Å²) >= 11 is 0. The van der Waals surface area contributed by atoms with Gasteiger partial charge in [0.1, 0.15) is 0 Å². The van der Waals surface area contributed by atoms with E-state index in [4.69, 9.17) is 0 Å². The second kappa shape index (κ2) is 5.43. The Kier molecular flexibility index (Phi) is 4.30. The Morgan fingerprint density at radius 2 is 1.20 bits per heavy atom. The molecule has 1 aliphatic heterocycles. The van der Waals surface area contributed by atoms with Crippen molar-refractivity contribution in [2.75, 3.05) is 13.4 Å². The Hall–Kier alpha value is -2.20. The molecule has 20 heavy (non-hydrogen) atoms. The van der Waals surface area contributed by atoms with Crippen molar-refractivity contribution < 1.29 is 51.0 Å². The fourth-order valence-corrected chi connectivity index (χ4v) is 0.999. The maximum atomic E-state index is 13.1. The molecule has 11 heteroatoms. The molecule has 0 atom stereocenters. The molecule has 0 saturated carbocycles. The van der Waals surface area contributed by atoms with Crippen LogP contribution in [0, 0.1) is 0 Å². The van der Waals surface area contributed by atoms with Gasteiger partial charge in [0.25, 0.3) is 0 Å². The minimum absolute atomic E-state index is 1.16. The summed E-state index contributed by atoms with van der Waals surface area (Å²) in [6.07, 6.45) is -1.21. The SMILES string of the molecule is O=C1CCOC(=O)C(F)(F)C(=O)OCOC(=O)C1(F)F. The first-order chi connectivity index (χ1) is 9.10. The highest BCUT2D eigenvalue weighted by Crippen LogP contribution is 2.22. The van der Waals surface area contributed by atoms with E-state index in [-0.39, 0.29) is 0 Å². The van der Waals surface area contributed by atoms with Crippen LogP contribution in [-0.4, -0.2) is 48.9 Å². The van der Waals surface area contributed by atoms with Crippen molar-refractivity contribution in [2.24, 2.45) is 0 Å². The van der Waals surface area contributed by atoms with Crippen LogP contribution in [0.4, 0.5) is 17.6 Å². The van der Waals surface area contributed by atoms with Crippen molar-refractivity contribution in [3.05, 3.63) is 0 Å². The van der Waals surface area contributed by atoms with Gasteiger partial charge >= 0.3 is 29.8 Å². The fraction of sp³-hybridized carbons (Fsp3) is 0.556. The van der Waals surface area contributed by atoms with Crippen LogP contribution in [0.1, 0.15) is 6.42 Å². The molecule has 1 heterocycles. The lowest BCUT2D eigenvalue weighted by molar-refractivity contribution is -0.205. The topological polar surface area (TPSA) is 96.0 Å². The Balaban J connectivity index is 2.92. The van der Waals surface area contributed by atoms with E-state index in [1.807, 2.05) is 0 Å². The van der Waals surface area contributed by atoms with E-state index in [1.54, 1.807) is 0 Å². The van der Waals surface area contributed by atoms with Crippen LogP contribution in [0.3, 0.4) is 0 Å². The standard InChI is InChI=1S/C9H6F4O7/c10-8(11)4(14)1-2-18-6(16)9(12,13)7(17)20-3-19-5(8)15/h1-3H2. The van der Waals surface area contributed by atoms with Crippen molar-refractivity contribution >= 4 is 23.7 Å². The van der Waals surface area contributed by atoms with Crippen LogP contribution in [0.5, 0.6) is 0 Å². The summed E-state index contributed by atoms with van der Waals surface area (Å²) in [5.74, 6) is -18.5. The largest absolute Gasteiger partial charge is 0.460 e. The van der Waals surface area contributed by atoms with E-state index in [0.29, 0.717) is 0 Å². The summed E-state index contributed by atoms with van der Waals surface area (Å²) in [5.41, 5.74) is 0. The second-order valence-electron chi connectivity index (χ2n) is 3.44. The Bertz CT molecular complexity index is 381. The zero-order valence-electron chi connectivity index (χ0n) is 9.49. The summed E-state index contributed by atoms with van der Waals surface area (Å²) in [7, 11) is 0. The van der Waals surface area contributed by atoms with Crippen molar-refractivity contribution in [1.82, 2.24) is 0 Å². The molecule has 1 aliphatic rings. The average molecular weight is 302 g/mol. The smallest absolute Gasteiger partial charge is 0.437 e. The van der Waals surface area contributed by atoms with E-state index in [2.05, 4.69) is 14.2 Å². The monoisotopic (exact) mass is 302 g/mol. The highest BCUT2D eigenvalue weighted by Gasteiger charge is 2.53. The molecule has 0 aromatic carbocycles. The number of hydrogen-bond donors (Lipinski definition) is 0. The Labute approximate surface area is 107 Å². The van der Waals surface area contributed by atoms with E-state index >= 15 is 0 Å². The van der Waals surface area contributed by atoms with E-state index < -0.39 is 55.4 Å². The lowest BCUT2D eigenvalue weighted by Gasteiger charge is -2.18. The van der Waals surface area contributed by atoms with Gasteiger partial charge in [0.2, 0.25) is 12.6 Å². The van der Waals surface area contributed by atoms with Crippen molar-refractivity contribution in [2.45, 2.75) is 18.3 Å². The zero-order chi connectivity index (χ0) is 15.6. The average Bonchev–Trinajstić information content (AvgIpc) is 2.36. The Morgan fingerprint density at radius 1 is 0.750 bits per heavy atom. The van der Waals surface area contributed by atoms with Gasteiger partial charge in [-0.1, -0.05) is 0 Å². The molecule has 0 unspecified atom stereocenters. The third-order valence-corrected chi connectivity index (χ3v) is 2.06. The first-order valence-electron chi connectivity index (χ1n) is 4.90. The van der Waals surface area contributed by atoms with Crippen LogP contribution >= 0.6 is 0 Å². The molecular formula is C9H6F4O7. The molecule has 1 rings (SSSR count). The van der Waals surface area contributed by atoms with Gasteiger partial charge in [0, 0.05) is 6.42 Å². The molecule has 0 N–H and O–H groups in total. The molecule has 0 aliphatic carbocycles. The van der Waals surface area contributed by atoms with Crippen molar-refractivity contribution in [3.8, 4) is 0 Å². The number of ether oxygens (including phenoxy) is 3. The van der Waals surface area contributed by atoms with Crippen LogP contribution in [-0.2, 0) is 33.4 Å². The molecule has 0 aromatic rings. The predicted molar refractivity (Wildman–Crippen MR) is 47.5 cm³/mol. The third-order valence-electron chi connectivity index (χ3n) is 2.06. The van der Waals surface area contributed by atoms with Gasteiger partial charge in [-0.3, -0.25) is 4.79 Å². The first-order valence-corrected chi connectivity index (χ1v) is 4.90. The number of carbonyl (C=O) groups excluding carboxylic acids is 4. The molecule has 112 valence electrons. The minimum Gasteiger partial charge on any atom is -0.460 e. The van der Waals surface area contributed by atoms with E-state index in [9.17, 15) is 36.7 Å². The summed E-state index contributed by atoms with van der Waals surface area (Å²) in [6, 6.07) is 0. The maximum absolute atomic E-state index is 13.1. The molecule has 0 bridgehead atoms. The molecule has 0 amide bonds. The third kappa shape index (κ3) is 3.03. The highest BCUT2D eigenvalue weighted by atomic mass is 19.3. The van der Waals surface area contributed by atoms with E-state index in [0.717, 1.165) is 0 Å². The van der Waals surface area contributed by atoms with Gasteiger partial charge in [-0.15, -0.1) is 0 Å². The van der Waals surface area contributed by atoms with E-state index in [1.165, 1.54) is 0 Å². The lowest BCUT2D eigenvalue weighted by atomic mass is 10.1. The molecule has 0 radical (unpaired) electrons. The number of carbonyl (C=O) groups is 4. The normalized spacial score (nSPS) is 23.8. The van der Waals surface area contributed by atoms with Gasteiger partial charge in [-0.05, 0) is 0 Å². The highest BCUT2D eigenvalue weighted by molar-refractivity contribution is 6.05. The number of cyclic esters (lactones) is 3. The van der Waals surface area contributed by atoms with Gasteiger partial charge < -0.3 is 14.2 Å². The lowest BCUT2D eigenvalue weighted by Crippen LogP contribution is -2.44. The van der Waals surface area contributed by atoms with Gasteiger partial charge in [-0.25, -0.2) is 14.4 Å². The predicted octanol–water partition coefficient (Wildman–Crippen LogP) is -0.183. The number of hydrogen-bond acceptors (Lipinski definition) is 7. The van der Waals surface area contributed by atoms with Gasteiger partial charge in [0.15, 0.2) is 0 Å². The van der Waals surface area contributed by atoms with Crippen LogP contribution in [0.15, 0.2) is 0 Å². The van der Waals surface area contributed by atoms with Crippen molar-refractivity contribution in [3.63, 3.8) is 0 Å². The van der Waals surface area contributed by atoms with Crippen LogP contribution < -0.4 is 0 Å². The van der Waals surface area contributed by atoms with Gasteiger partial charge in [-0.2, -0.15) is 17.6 Å². The maximum Gasteiger partial charge on any atom is 0.437 e. The zero-order valence-corrected chi connectivity index (χ0v) is 9.49. The second-order valence-corrected chi connectivity index (χ2v) is 3.44. The summed E-state index contributed by atoms with van der Waals surface area (Å²) in [4.78, 5) is 43.4. The molecule has 0 spiro atoms.